The molecule has 15 nitrogen and oxygen atoms in total. The quantitative estimate of drug-likeness (QED) is 0.148. The zero-order valence-electron chi connectivity index (χ0n) is 21.2. The Kier molecular flexibility index (Phi) is 8.29. The number of phenolic OH excluding ortho intramolecular Hbond substituents is 2. The van der Waals surface area contributed by atoms with Crippen LogP contribution in [0.1, 0.15) is 27.5 Å². The van der Waals surface area contributed by atoms with E-state index in [0.717, 1.165) is 4.90 Å². The summed E-state index contributed by atoms with van der Waals surface area (Å²) in [7, 11) is -1.77. The van der Waals surface area contributed by atoms with E-state index in [-0.39, 0.29) is 43.9 Å². The molecule has 0 spiro atoms. The van der Waals surface area contributed by atoms with Gasteiger partial charge in [0.25, 0.3) is 0 Å². The number of carbonyl (C=O) groups is 5. The molecular formula is C24H25BFN5O10. The number of hydrogen-bond donors (Lipinski definition) is 7. The number of carboxylic acids is 1. The summed E-state index contributed by atoms with van der Waals surface area (Å²) in [4.78, 5) is 64.5. The highest BCUT2D eigenvalue weighted by Gasteiger charge is 2.42. The Morgan fingerprint density at radius 1 is 1.17 bits per heavy atom. The molecule has 1 fully saturated rings. The van der Waals surface area contributed by atoms with Crippen LogP contribution in [0.5, 0.6) is 17.2 Å². The molecule has 0 bridgehead atoms. The third-order valence-corrected chi connectivity index (χ3v) is 6.54. The molecule has 2 atom stereocenters. The fourth-order valence-corrected chi connectivity index (χ4v) is 4.57. The third-order valence-electron chi connectivity index (χ3n) is 6.54. The molecule has 0 aromatic heterocycles. The minimum Gasteiger partial charge on any atom is -0.534 e. The molecule has 216 valence electrons. The number of nitrogens with two attached hydrogens (primary N) is 1. The van der Waals surface area contributed by atoms with Crippen molar-refractivity contribution in [2.75, 3.05) is 26.2 Å². The first kappa shape index (κ1) is 29.1. The van der Waals surface area contributed by atoms with Gasteiger partial charge >= 0.3 is 30.9 Å². The lowest BCUT2D eigenvalue weighted by molar-refractivity contribution is -0.153. The van der Waals surface area contributed by atoms with Crippen molar-refractivity contribution in [3.05, 3.63) is 52.8 Å². The largest absolute Gasteiger partial charge is 0.547 e. The van der Waals surface area contributed by atoms with Crippen LogP contribution < -0.4 is 21.0 Å². The van der Waals surface area contributed by atoms with Gasteiger partial charge in [0.2, 0.25) is 5.91 Å². The normalized spacial score (nSPS) is 17.4. The molecule has 8 N–H and O–H groups in total. The summed E-state index contributed by atoms with van der Waals surface area (Å²) in [6.45, 7) is -0.174. The van der Waals surface area contributed by atoms with Crippen molar-refractivity contribution >= 4 is 36.8 Å². The molecular weight excluding hydrogens is 548 g/mol. The average Bonchev–Trinajstić information content (AvgIpc) is 2.90. The van der Waals surface area contributed by atoms with E-state index < -0.39 is 71.7 Å². The van der Waals surface area contributed by atoms with Crippen LogP contribution in [0, 0.1) is 5.82 Å². The van der Waals surface area contributed by atoms with Gasteiger partial charge in [0, 0.05) is 38.3 Å². The van der Waals surface area contributed by atoms with Gasteiger partial charge in [0.1, 0.15) is 29.1 Å². The number of nitrogens with one attached hydrogen (secondary N) is 2. The highest BCUT2D eigenvalue weighted by molar-refractivity contribution is 6.47. The lowest BCUT2D eigenvalue weighted by Gasteiger charge is -2.33. The van der Waals surface area contributed by atoms with Gasteiger partial charge in [0.05, 0.1) is 17.1 Å². The number of nitrogens with zero attached hydrogens (tertiary/aromatic N) is 2. The Hall–Kier alpha value is -4.90. The molecule has 2 heterocycles. The van der Waals surface area contributed by atoms with Gasteiger partial charge in [-0.2, -0.15) is 0 Å². The van der Waals surface area contributed by atoms with Crippen molar-refractivity contribution in [2.24, 2.45) is 5.73 Å². The number of urea groups is 1. The van der Waals surface area contributed by atoms with E-state index in [1.54, 1.807) is 0 Å². The summed E-state index contributed by atoms with van der Waals surface area (Å²) >= 11 is 0. The smallest absolute Gasteiger partial charge is 0.534 e. The van der Waals surface area contributed by atoms with Crippen molar-refractivity contribution in [3.8, 4) is 17.2 Å². The van der Waals surface area contributed by atoms with Crippen molar-refractivity contribution < 1.29 is 53.4 Å². The number of rotatable bonds is 7. The predicted molar refractivity (Wildman–Crippen MR) is 136 cm³/mol. The van der Waals surface area contributed by atoms with Crippen molar-refractivity contribution in [3.63, 3.8) is 0 Å². The van der Waals surface area contributed by atoms with Crippen LogP contribution in [-0.4, -0.2) is 99.1 Å². The third kappa shape index (κ3) is 5.85. The summed E-state index contributed by atoms with van der Waals surface area (Å²) in [5, 5.41) is 44.4. The zero-order valence-corrected chi connectivity index (χ0v) is 21.2. The zero-order chi connectivity index (χ0) is 30.0. The number of para-hydroxylation sites is 1. The topological polar surface area (TPSA) is 232 Å². The van der Waals surface area contributed by atoms with Crippen LogP contribution in [0.25, 0.3) is 0 Å². The fraction of sp³-hybridized carbons (Fsp3) is 0.292. The number of benzene rings is 2. The second-order valence-corrected chi connectivity index (χ2v) is 9.21. The number of hydrogen-bond acceptors (Lipinski definition) is 10. The van der Waals surface area contributed by atoms with Gasteiger partial charge < -0.3 is 46.3 Å². The predicted octanol–water partition coefficient (Wildman–Crippen LogP) is -1.55. The first-order valence-electron chi connectivity index (χ1n) is 12.3. The maximum Gasteiger partial charge on any atom is 0.547 e. The molecule has 2 aliphatic rings. The number of aromatic carboxylic acids is 1. The highest BCUT2D eigenvalue weighted by Crippen LogP contribution is 2.33. The lowest BCUT2D eigenvalue weighted by Crippen LogP contribution is -2.60. The number of piperazine rings is 1. The molecule has 41 heavy (non-hydrogen) atoms. The summed E-state index contributed by atoms with van der Waals surface area (Å²) in [5.41, 5.74) is 4.74. The number of carboxylic acid groups (broad SMARTS) is 1. The molecule has 1 unspecified atom stereocenters. The molecule has 1 saturated heterocycles. The van der Waals surface area contributed by atoms with Crippen LogP contribution in [-0.2, 0) is 20.8 Å². The maximum atomic E-state index is 14.9. The minimum absolute atomic E-state index is 0.0474. The van der Waals surface area contributed by atoms with Crippen LogP contribution in [0.4, 0.5) is 9.18 Å². The standard InChI is InChI=1S/C24H25BFN5O10/c26-14-9-12(32)10-15(33)17(14)18(29-24(39)31-7-6-30(5-4-27)21(35)22(31)36)20(34)28-16-8-11-2-1-3-13(23(37)38)19(11)41-25(16)40/h1-3,9-10,16,18,32-33,40H,4-8,27H2,(H,28,34)(H,29,39)(H,37,38)/t16-,18?/m0/s1. The fourth-order valence-electron chi connectivity index (χ4n) is 4.57. The molecule has 0 radical (unpaired) electrons. The van der Waals surface area contributed by atoms with E-state index in [1.807, 2.05) is 0 Å². The van der Waals surface area contributed by atoms with Crippen molar-refractivity contribution in [1.82, 2.24) is 20.4 Å². The average molecular weight is 573 g/mol. The Labute approximate surface area is 231 Å². The first-order chi connectivity index (χ1) is 19.4. The summed E-state index contributed by atoms with van der Waals surface area (Å²) in [6, 6.07) is 2.19. The Morgan fingerprint density at radius 3 is 2.56 bits per heavy atom. The Bertz CT molecular complexity index is 1400. The first-order valence-corrected chi connectivity index (χ1v) is 12.3. The molecule has 2 aromatic carbocycles. The highest BCUT2D eigenvalue weighted by atomic mass is 19.1. The number of halogens is 1. The molecule has 5 amide bonds. The second-order valence-electron chi connectivity index (χ2n) is 9.21. The van der Waals surface area contributed by atoms with Gasteiger partial charge in [-0.1, -0.05) is 12.1 Å². The van der Waals surface area contributed by atoms with Gasteiger partial charge in [0.15, 0.2) is 0 Å². The van der Waals surface area contributed by atoms with Crippen molar-refractivity contribution in [2.45, 2.75) is 18.4 Å². The molecule has 4 rings (SSSR count). The van der Waals surface area contributed by atoms with Gasteiger partial charge in [-0.05, 0) is 18.1 Å². The number of amides is 5. The van der Waals surface area contributed by atoms with Crippen LogP contribution >= 0.6 is 0 Å². The maximum absolute atomic E-state index is 14.9. The molecule has 0 saturated carbocycles. The molecule has 2 aromatic rings. The van der Waals surface area contributed by atoms with E-state index in [4.69, 9.17) is 10.4 Å². The second kappa shape index (κ2) is 11.7. The SMILES string of the molecule is NCCN1CCN(C(=O)NC(C(=O)N[C@H]2Cc3cccc(C(=O)O)c3OB2O)c2c(O)cc(O)cc2F)C(=O)C1=O. The van der Waals surface area contributed by atoms with Crippen LogP contribution in [0.2, 0.25) is 0 Å². The number of aromatic hydroxyl groups is 2. The van der Waals surface area contributed by atoms with Gasteiger partial charge in [-0.15, -0.1) is 0 Å². The number of phenols is 2. The summed E-state index contributed by atoms with van der Waals surface area (Å²) < 4.78 is 20.3. The summed E-state index contributed by atoms with van der Waals surface area (Å²) in [5.74, 6) is -8.97. The minimum atomic E-state index is -2.04. The van der Waals surface area contributed by atoms with Crippen LogP contribution in [0.3, 0.4) is 0 Å². The number of imide groups is 1. The van der Waals surface area contributed by atoms with E-state index in [0.29, 0.717) is 22.6 Å². The molecule has 0 aliphatic carbocycles. The molecule has 17 heteroatoms. The Morgan fingerprint density at radius 2 is 1.90 bits per heavy atom. The monoisotopic (exact) mass is 573 g/mol. The van der Waals surface area contributed by atoms with E-state index >= 15 is 0 Å². The lowest BCUT2D eigenvalue weighted by atomic mass is 9.72. The number of fused-ring (bicyclic) bond motifs is 1. The van der Waals surface area contributed by atoms with E-state index in [1.165, 1.54) is 18.2 Å². The summed E-state index contributed by atoms with van der Waals surface area (Å²) in [6.07, 6.45) is -0.135. The number of carbonyl (C=O) groups excluding carboxylic acids is 4. The van der Waals surface area contributed by atoms with E-state index in [9.17, 15) is 48.7 Å². The van der Waals surface area contributed by atoms with Crippen molar-refractivity contribution in [1.29, 1.82) is 0 Å². The molecule has 2 aliphatic heterocycles. The van der Waals surface area contributed by atoms with Crippen LogP contribution in [0.15, 0.2) is 30.3 Å². The Balaban J connectivity index is 1.60. The van der Waals surface area contributed by atoms with E-state index in [2.05, 4.69) is 10.6 Å². The van der Waals surface area contributed by atoms with Gasteiger partial charge in [-0.25, -0.2) is 14.0 Å². The van der Waals surface area contributed by atoms with Gasteiger partial charge in [-0.3, -0.25) is 19.3 Å².